The predicted molar refractivity (Wildman–Crippen MR) is 213 cm³/mol. The summed E-state index contributed by atoms with van der Waals surface area (Å²) >= 11 is 0. The topological polar surface area (TPSA) is 61.4 Å². The third-order valence-electron chi connectivity index (χ3n) is 10.9. The van der Waals surface area contributed by atoms with E-state index >= 15 is 0 Å². The molecule has 0 aromatic heterocycles. The van der Waals surface area contributed by atoms with Crippen LogP contribution in [-0.4, -0.2) is 42.9 Å². The Kier molecular flexibility index (Phi) is 10.7. The zero-order valence-corrected chi connectivity index (χ0v) is 30.8. The Morgan fingerprint density at radius 2 is 1.44 bits per heavy atom. The van der Waals surface area contributed by atoms with Crippen LogP contribution >= 0.6 is 0 Å². The average Bonchev–Trinajstić information content (AvgIpc) is 3.45. The summed E-state index contributed by atoms with van der Waals surface area (Å²) < 4.78 is 2.35. The highest BCUT2D eigenvalue weighted by Gasteiger charge is 2.44. The lowest BCUT2D eigenvalue weighted by atomic mass is 9.79. The maximum atomic E-state index is 12.4. The van der Waals surface area contributed by atoms with Crippen LogP contribution in [0.1, 0.15) is 83.8 Å². The summed E-state index contributed by atoms with van der Waals surface area (Å²) in [5, 5.41) is 8.30. The van der Waals surface area contributed by atoms with Gasteiger partial charge in [0, 0.05) is 54.0 Å². The maximum absolute atomic E-state index is 12.4. The number of allylic oxidation sites excluding steroid dienone is 6. The molecule has 1 amide bonds. The van der Waals surface area contributed by atoms with E-state index in [4.69, 9.17) is 5.73 Å². The third-order valence-corrected chi connectivity index (χ3v) is 10.9. The van der Waals surface area contributed by atoms with Crippen LogP contribution < -0.4 is 16.0 Å². The van der Waals surface area contributed by atoms with Crippen LogP contribution in [0.2, 0.25) is 0 Å². The number of carbonyl (C=O) groups excluding carboxylic acids is 1. The Labute approximate surface area is 299 Å². The molecular formula is C45H55N4O+. The van der Waals surface area contributed by atoms with E-state index in [0.29, 0.717) is 6.42 Å². The molecule has 0 fully saturated rings. The predicted octanol–water partition coefficient (Wildman–Crippen LogP) is 9.60. The quantitative estimate of drug-likeness (QED) is 0.0800. The molecule has 0 unspecified atom stereocenters. The number of hydrogen-bond donors (Lipinski definition) is 2. The van der Waals surface area contributed by atoms with Gasteiger partial charge in [0.2, 0.25) is 11.6 Å². The number of fused-ring (bicyclic) bond motifs is 6. The summed E-state index contributed by atoms with van der Waals surface area (Å²) in [6, 6.07) is 26.5. The van der Waals surface area contributed by atoms with E-state index in [2.05, 4.69) is 153 Å². The highest BCUT2D eigenvalue weighted by molar-refractivity contribution is 6.07. The second-order valence-electron chi connectivity index (χ2n) is 15.0. The minimum Gasteiger partial charge on any atom is -0.356 e. The number of carbonyl (C=O) groups is 1. The van der Waals surface area contributed by atoms with Gasteiger partial charge in [0.05, 0.1) is 5.41 Å². The fourth-order valence-corrected chi connectivity index (χ4v) is 8.32. The molecular weight excluding hydrogens is 613 g/mol. The van der Waals surface area contributed by atoms with Crippen molar-refractivity contribution in [2.24, 2.45) is 5.73 Å². The molecule has 5 nitrogen and oxygen atoms in total. The first-order valence-corrected chi connectivity index (χ1v) is 18.6. The lowest BCUT2D eigenvalue weighted by Gasteiger charge is -2.27. The number of anilines is 1. The molecule has 50 heavy (non-hydrogen) atoms. The lowest BCUT2D eigenvalue weighted by Crippen LogP contribution is -2.27. The van der Waals surface area contributed by atoms with Gasteiger partial charge in [-0.25, -0.2) is 0 Å². The Balaban J connectivity index is 1.18. The van der Waals surface area contributed by atoms with Crippen molar-refractivity contribution in [1.82, 2.24) is 5.32 Å². The monoisotopic (exact) mass is 667 g/mol. The Bertz CT molecular complexity index is 1990. The van der Waals surface area contributed by atoms with Gasteiger partial charge in [-0.05, 0) is 91.4 Å². The third kappa shape index (κ3) is 6.93. The highest BCUT2D eigenvalue weighted by Crippen LogP contribution is 2.51. The number of nitrogens with two attached hydrogens (primary N) is 1. The molecule has 3 N–H and O–H groups in total. The van der Waals surface area contributed by atoms with Gasteiger partial charge < -0.3 is 16.0 Å². The molecule has 0 radical (unpaired) electrons. The summed E-state index contributed by atoms with van der Waals surface area (Å²) in [6.45, 7) is 11.8. The molecule has 0 saturated carbocycles. The molecule has 2 heterocycles. The van der Waals surface area contributed by atoms with Crippen LogP contribution in [0.4, 0.5) is 11.4 Å². The van der Waals surface area contributed by atoms with Crippen LogP contribution in [-0.2, 0) is 15.6 Å². The number of amides is 1. The molecule has 5 heteroatoms. The first-order valence-electron chi connectivity index (χ1n) is 18.6. The summed E-state index contributed by atoms with van der Waals surface area (Å²) in [5.41, 5.74) is 13.3. The van der Waals surface area contributed by atoms with Crippen LogP contribution in [0, 0.1) is 0 Å². The van der Waals surface area contributed by atoms with E-state index in [-0.39, 0.29) is 16.7 Å². The normalized spacial score (nSPS) is 17.2. The largest absolute Gasteiger partial charge is 0.356 e. The Hall–Kier alpha value is -4.48. The van der Waals surface area contributed by atoms with Crippen molar-refractivity contribution in [1.29, 1.82) is 0 Å². The first kappa shape index (κ1) is 35.3. The maximum Gasteiger partial charge on any atom is 0.219 e. The number of nitrogens with one attached hydrogen (secondary N) is 1. The Morgan fingerprint density at radius 1 is 0.760 bits per heavy atom. The first-order chi connectivity index (χ1) is 24.2. The van der Waals surface area contributed by atoms with Crippen molar-refractivity contribution in [3.05, 3.63) is 120 Å². The molecule has 0 bridgehead atoms. The van der Waals surface area contributed by atoms with Gasteiger partial charge in [-0.2, -0.15) is 4.58 Å². The van der Waals surface area contributed by atoms with E-state index in [9.17, 15) is 4.79 Å². The zero-order valence-electron chi connectivity index (χ0n) is 30.8. The fraction of sp³-hybridized carbons (Fsp3) is 0.378. The minimum absolute atomic E-state index is 0.105. The van der Waals surface area contributed by atoms with Crippen molar-refractivity contribution >= 4 is 44.5 Å². The minimum atomic E-state index is -0.154. The number of unbranched alkanes of at least 4 members (excludes halogenated alkanes) is 4. The van der Waals surface area contributed by atoms with Gasteiger partial charge >= 0.3 is 0 Å². The number of rotatable bonds is 14. The van der Waals surface area contributed by atoms with Crippen molar-refractivity contribution in [3.63, 3.8) is 0 Å². The molecule has 0 spiro atoms. The molecule has 2 aliphatic heterocycles. The fourth-order valence-electron chi connectivity index (χ4n) is 8.32. The van der Waals surface area contributed by atoms with Gasteiger partial charge in [0.15, 0.2) is 5.71 Å². The molecule has 0 atom stereocenters. The molecule has 0 saturated heterocycles. The molecule has 4 aromatic rings. The zero-order chi connectivity index (χ0) is 35.3. The van der Waals surface area contributed by atoms with Crippen LogP contribution in [0.5, 0.6) is 0 Å². The van der Waals surface area contributed by atoms with Gasteiger partial charge in [-0.15, -0.1) is 0 Å². The lowest BCUT2D eigenvalue weighted by molar-refractivity contribution is -0.401. The van der Waals surface area contributed by atoms with E-state index in [0.717, 1.165) is 58.2 Å². The second-order valence-corrected chi connectivity index (χ2v) is 15.0. The summed E-state index contributed by atoms with van der Waals surface area (Å²) in [6.07, 6.45) is 17.8. The van der Waals surface area contributed by atoms with E-state index in [1.165, 1.54) is 55.5 Å². The van der Waals surface area contributed by atoms with Gasteiger partial charge in [-0.1, -0.05) is 99.5 Å². The van der Waals surface area contributed by atoms with Gasteiger partial charge in [0.25, 0.3) is 0 Å². The number of nitrogens with zero attached hydrogens (tertiary/aromatic N) is 2. The van der Waals surface area contributed by atoms with Crippen molar-refractivity contribution in [2.75, 3.05) is 31.6 Å². The summed E-state index contributed by atoms with van der Waals surface area (Å²) in [5.74, 6) is 0.165. The van der Waals surface area contributed by atoms with E-state index < -0.39 is 0 Å². The molecule has 6 rings (SSSR count). The SMILES string of the molecule is C[N+]1=C(/C=C/C=C/C=C2/N(CCCCCC(=O)NCCCCCN)c3ccc4ccccc4c3C2(C)C)C(C)(C)c2c1ccc1ccccc21. The van der Waals surface area contributed by atoms with Crippen molar-refractivity contribution < 1.29 is 9.37 Å². The van der Waals surface area contributed by atoms with Crippen LogP contribution in [0.15, 0.2) is 109 Å². The number of benzene rings is 4. The smallest absolute Gasteiger partial charge is 0.219 e. The van der Waals surface area contributed by atoms with Crippen molar-refractivity contribution in [2.45, 2.75) is 83.5 Å². The molecule has 2 aliphatic rings. The Morgan fingerprint density at radius 3 is 2.18 bits per heavy atom. The van der Waals surface area contributed by atoms with Crippen molar-refractivity contribution in [3.8, 4) is 0 Å². The molecule has 4 aromatic carbocycles. The van der Waals surface area contributed by atoms with Crippen LogP contribution in [0.3, 0.4) is 0 Å². The highest BCUT2D eigenvalue weighted by atomic mass is 16.1. The van der Waals surface area contributed by atoms with Gasteiger partial charge in [-0.3, -0.25) is 4.79 Å². The van der Waals surface area contributed by atoms with E-state index in [1.807, 2.05) is 0 Å². The molecule has 0 aliphatic carbocycles. The summed E-state index contributed by atoms with van der Waals surface area (Å²) in [7, 11) is 2.19. The average molecular weight is 668 g/mol. The van der Waals surface area contributed by atoms with Gasteiger partial charge in [0.1, 0.15) is 7.05 Å². The second kappa shape index (κ2) is 15.2. The number of hydrogen-bond acceptors (Lipinski definition) is 3. The summed E-state index contributed by atoms with van der Waals surface area (Å²) in [4.78, 5) is 14.9. The molecule has 260 valence electrons. The standard InChI is InChI=1S/C45H54N4O/c1-44(2)39(48(5)37-28-26-33-19-12-14-21-35(33)42(37)44)23-9-6-10-24-40-45(3,4)43-36-22-15-13-20-34(36)27-29-38(43)49(40)32-18-7-11-25-41(50)47-31-17-8-16-30-46/h6,9-10,12-15,19-24,26-29H,7-8,11,16-18,25,30-32,46H2,1-5H3/p+1. The van der Waals surface area contributed by atoms with E-state index in [1.54, 1.807) is 0 Å². The van der Waals surface area contributed by atoms with Crippen LogP contribution in [0.25, 0.3) is 21.5 Å².